The summed E-state index contributed by atoms with van der Waals surface area (Å²) in [5, 5.41) is 0. The Kier molecular flexibility index (Phi) is 7.72. The zero-order valence-corrected chi connectivity index (χ0v) is 18.0. The molecule has 0 amide bonds. The zero-order valence-electron chi connectivity index (χ0n) is 17.2. The van der Waals surface area contributed by atoms with Crippen molar-refractivity contribution < 1.29 is 18.6 Å². The first kappa shape index (κ1) is 22.1. The van der Waals surface area contributed by atoms with Gasteiger partial charge in [0.05, 0.1) is 19.1 Å². The summed E-state index contributed by atoms with van der Waals surface area (Å²) in [5.41, 5.74) is 1.81. The second-order valence-electron chi connectivity index (χ2n) is 7.62. The monoisotopic (exact) mass is 428 g/mol. The van der Waals surface area contributed by atoms with Gasteiger partial charge < -0.3 is 14.2 Å². The average molecular weight is 429 g/mol. The number of hydrogen-bond donors (Lipinski definition) is 0. The Bertz CT molecular complexity index is 927. The Morgan fingerprint density at radius 3 is 2.33 bits per heavy atom. The minimum absolute atomic E-state index is 0.186. The Hall–Kier alpha value is -2.56. The standard InChI is InChI=1S/C25H26ClFO3/c1-25(2,20-9-11-21(12-10-20)29-15-14-26)18-28-17-19-8-13-23(27)24(16-19)30-22-6-4-3-5-7-22/h3-13,16H,14-15,17-18H2,1-2H3. The molecule has 0 spiro atoms. The van der Waals surface area contributed by atoms with Gasteiger partial charge in [-0.2, -0.15) is 0 Å². The van der Waals surface area contributed by atoms with Gasteiger partial charge in [0.25, 0.3) is 0 Å². The van der Waals surface area contributed by atoms with E-state index in [1.807, 2.05) is 42.5 Å². The fraction of sp³-hybridized carbons (Fsp3) is 0.280. The maximum Gasteiger partial charge on any atom is 0.165 e. The predicted octanol–water partition coefficient (Wildman–Crippen LogP) is 6.73. The molecule has 0 radical (unpaired) electrons. The number of benzene rings is 3. The summed E-state index contributed by atoms with van der Waals surface area (Å²) < 4.78 is 31.2. The van der Waals surface area contributed by atoms with Gasteiger partial charge in [0, 0.05) is 5.41 Å². The first-order chi connectivity index (χ1) is 14.5. The highest BCUT2D eigenvalue weighted by Crippen LogP contribution is 2.28. The maximum atomic E-state index is 14.1. The molecule has 0 aliphatic heterocycles. The molecule has 0 aromatic heterocycles. The molecule has 0 aliphatic carbocycles. The van der Waals surface area contributed by atoms with Gasteiger partial charge in [-0.25, -0.2) is 4.39 Å². The minimum atomic E-state index is -0.403. The summed E-state index contributed by atoms with van der Waals surface area (Å²) in [7, 11) is 0. The lowest BCUT2D eigenvalue weighted by Gasteiger charge is -2.25. The third-order valence-electron chi connectivity index (χ3n) is 4.68. The highest BCUT2D eigenvalue weighted by molar-refractivity contribution is 6.18. The third-order valence-corrected chi connectivity index (χ3v) is 4.83. The molecule has 3 nitrogen and oxygen atoms in total. The summed E-state index contributed by atoms with van der Waals surface area (Å²) >= 11 is 5.65. The first-order valence-electron chi connectivity index (χ1n) is 9.86. The maximum absolute atomic E-state index is 14.1. The SMILES string of the molecule is CC(C)(COCc1ccc(F)c(Oc2ccccc2)c1)c1ccc(OCCCl)cc1. The second kappa shape index (κ2) is 10.5. The van der Waals surface area contributed by atoms with Crippen LogP contribution in [0.1, 0.15) is 25.0 Å². The molecule has 3 aromatic rings. The van der Waals surface area contributed by atoms with Crippen LogP contribution in [0.25, 0.3) is 0 Å². The van der Waals surface area contributed by atoms with Crippen LogP contribution in [-0.2, 0) is 16.8 Å². The van der Waals surface area contributed by atoms with Gasteiger partial charge in [0.2, 0.25) is 0 Å². The van der Waals surface area contributed by atoms with Gasteiger partial charge in [0.1, 0.15) is 18.1 Å². The smallest absolute Gasteiger partial charge is 0.165 e. The van der Waals surface area contributed by atoms with Crippen LogP contribution in [-0.4, -0.2) is 19.1 Å². The van der Waals surface area contributed by atoms with E-state index in [9.17, 15) is 4.39 Å². The molecule has 0 bridgehead atoms. The van der Waals surface area contributed by atoms with Gasteiger partial charge in [-0.15, -0.1) is 11.6 Å². The number of rotatable bonds is 10. The van der Waals surface area contributed by atoms with E-state index in [0.29, 0.717) is 31.5 Å². The number of ether oxygens (including phenoxy) is 3. The Morgan fingerprint density at radius 2 is 1.63 bits per heavy atom. The van der Waals surface area contributed by atoms with Gasteiger partial charge >= 0.3 is 0 Å². The Labute approximate surface area is 182 Å². The van der Waals surface area contributed by atoms with Gasteiger partial charge in [0.15, 0.2) is 11.6 Å². The molecule has 0 atom stereocenters. The molecule has 0 aliphatic rings. The van der Waals surface area contributed by atoms with Crippen molar-refractivity contribution in [1.82, 2.24) is 0 Å². The van der Waals surface area contributed by atoms with E-state index in [2.05, 4.69) is 13.8 Å². The Morgan fingerprint density at radius 1 is 0.900 bits per heavy atom. The second-order valence-corrected chi connectivity index (χ2v) is 8.00. The highest BCUT2D eigenvalue weighted by atomic mass is 35.5. The van der Waals surface area contributed by atoms with Crippen LogP contribution in [0.3, 0.4) is 0 Å². The van der Waals surface area contributed by atoms with Crippen molar-refractivity contribution in [2.45, 2.75) is 25.9 Å². The van der Waals surface area contributed by atoms with Crippen LogP contribution in [0.15, 0.2) is 72.8 Å². The quantitative estimate of drug-likeness (QED) is 0.335. The van der Waals surface area contributed by atoms with Crippen molar-refractivity contribution in [2.75, 3.05) is 19.1 Å². The highest BCUT2D eigenvalue weighted by Gasteiger charge is 2.21. The molecular formula is C25H26ClFO3. The molecule has 30 heavy (non-hydrogen) atoms. The lowest BCUT2D eigenvalue weighted by Crippen LogP contribution is -2.24. The molecule has 5 heteroatoms. The molecule has 3 aromatic carbocycles. The summed E-state index contributed by atoms with van der Waals surface area (Å²) in [6.45, 7) is 5.61. The molecule has 0 saturated heterocycles. The van der Waals surface area contributed by atoms with Crippen molar-refractivity contribution in [3.05, 3.63) is 89.7 Å². The number of halogens is 2. The zero-order chi connectivity index (χ0) is 21.4. The van der Waals surface area contributed by atoms with E-state index in [1.165, 1.54) is 6.07 Å². The minimum Gasteiger partial charge on any atom is -0.492 e. The number of hydrogen-bond acceptors (Lipinski definition) is 3. The summed E-state index contributed by atoms with van der Waals surface area (Å²) in [6.07, 6.45) is 0. The predicted molar refractivity (Wildman–Crippen MR) is 118 cm³/mol. The van der Waals surface area contributed by atoms with Crippen LogP contribution in [0, 0.1) is 5.82 Å². The van der Waals surface area contributed by atoms with Crippen molar-refractivity contribution in [3.63, 3.8) is 0 Å². The molecule has 0 unspecified atom stereocenters. The van der Waals surface area contributed by atoms with E-state index >= 15 is 0 Å². The van der Waals surface area contributed by atoms with E-state index < -0.39 is 5.82 Å². The molecule has 0 heterocycles. The summed E-state index contributed by atoms with van der Waals surface area (Å²) in [6, 6.07) is 21.9. The first-order valence-corrected chi connectivity index (χ1v) is 10.4. The van der Waals surface area contributed by atoms with Crippen molar-refractivity contribution >= 4 is 11.6 Å². The van der Waals surface area contributed by atoms with Crippen LogP contribution >= 0.6 is 11.6 Å². The van der Waals surface area contributed by atoms with Crippen LogP contribution in [0.5, 0.6) is 17.2 Å². The van der Waals surface area contributed by atoms with E-state index in [0.717, 1.165) is 16.9 Å². The molecule has 158 valence electrons. The third kappa shape index (κ3) is 6.22. The fourth-order valence-corrected chi connectivity index (χ4v) is 3.07. The van der Waals surface area contributed by atoms with Gasteiger partial charge in [-0.1, -0.05) is 50.2 Å². The number of para-hydroxylation sites is 1. The van der Waals surface area contributed by atoms with Crippen molar-refractivity contribution in [2.24, 2.45) is 0 Å². The topological polar surface area (TPSA) is 27.7 Å². The van der Waals surface area contributed by atoms with Gasteiger partial charge in [-0.3, -0.25) is 0 Å². The molecule has 0 fully saturated rings. The van der Waals surface area contributed by atoms with E-state index in [4.69, 9.17) is 25.8 Å². The molecular weight excluding hydrogens is 403 g/mol. The van der Waals surface area contributed by atoms with E-state index in [1.54, 1.807) is 24.3 Å². The van der Waals surface area contributed by atoms with Crippen LogP contribution in [0.2, 0.25) is 0 Å². The Balaban J connectivity index is 1.58. The lowest BCUT2D eigenvalue weighted by atomic mass is 9.85. The summed E-state index contributed by atoms with van der Waals surface area (Å²) in [4.78, 5) is 0. The van der Waals surface area contributed by atoms with Crippen molar-refractivity contribution in [3.8, 4) is 17.2 Å². The summed E-state index contributed by atoms with van der Waals surface area (Å²) in [5.74, 6) is 1.64. The van der Waals surface area contributed by atoms with Crippen LogP contribution < -0.4 is 9.47 Å². The molecule has 3 rings (SSSR count). The molecule has 0 saturated carbocycles. The van der Waals surface area contributed by atoms with E-state index in [-0.39, 0.29) is 11.2 Å². The number of alkyl halides is 1. The van der Waals surface area contributed by atoms with Gasteiger partial charge in [-0.05, 0) is 47.5 Å². The van der Waals surface area contributed by atoms with Crippen molar-refractivity contribution in [1.29, 1.82) is 0 Å². The van der Waals surface area contributed by atoms with Crippen LogP contribution in [0.4, 0.5) is 4.39 Å². The fourth-order valence-electron chi connectivity index (χ4n) is 3.00. The lowest BCUT2D eigenvalue weighted by molar-refractivity contribution is 0.0823. The molecule has 0 N–H and O–H groups in total. The normalized spacial score (nSPS) is 11.3. The average Bonchev–Trinajstić information content (AvgIpc) is 2.75. The largest absolute Gasteiger partial charge is 0.492 e.